The van der Waals surface area contributed by atoms with Gasteiger partial charge in [-0.05, 0) is 17.7 Å². The van der Waals surface area contributed by atoms with E-state index in [1.165, 1.54) is 7.05 Å². The van der Waals surface area contributed by atoms with Crippen LogP contribution in [-0.4, -0.2) is 19.6 Å². The zero-order valence-corrected chi connectivity index (χ0v) is 13.6. The van der Waals surface area contributed by atoms with Crippen LogP contribution < -0.4 is 10.6 Å². The van der Waals surface area contributed by atoms with Crippen molar-refractivity contribution in [2.75, 3.05) is 13.6 Å². The predicted octanol–water partition coefficient (Wildman–Crippen LogP) is 3.31. The van der Waals surface area contributed by atoms with Crippen molar-refractivity contribution in [2.24, 2.45) is 4.99 Å². The fraction of sp³-hybridized carbons (Fsp3) is 0.308. The molecule has 0 radical (unpaired) electrons. The molecule has 118 valence electrons. The van der Waals surface area contributed by atoms with Crippen molar-refractivity contribution >= 4 is 29.9 Å². The van der Waals surface area contributed by atoms with Crippen molar-refractivity contribution in [3.63, 3.8) is 0 Å². The number of benzene rings is 1. The topological polar surface area (TPSA) is 36.4 Å². The SMILES string of the molecule is C=CCNC(=NC)NCc1ccc(F)cc1C(F)(F)F.I. The first-order valence-corrected chi connectivity index (χ1v) is 5.79. The Morgan fingerprint density at radius 3 is 2.52 bits per heavy atom. The molecule has 3 nitrogen and oxygen atoms in total. The maximum atomic E-state index is 12.9. The molecule has 0 unspecified atom stereocenters. The van der Waals surface area contributed by atoms with Gasteiger partial charge >= 0.3 is 6.18 Å². The second kappa shape index (κ2) is 8.85. The van der Waals surface area contributed by atoms with Crippen LogP contribution in [0.2, 0.25) is 0 Å². The summed E-state index contributed by atoms with van der Waals surface area (Å²) in [6, 6.07) is 2.58. The maximum absolute atomic E-state index is 12.9. The summed E-state index contributed by atoms with van der Waals surface area (Å²) in [6.07, 6.45) is -3.01. The van der Waals surface area contributed by atoms with Gasteiger partial charge in [0.05, 0.1) is 5.56 Å². The fourth-order valence-corrected chi connectivity index (χ4v) is 1.54. The monoisotopic (exact) mass is 417 g/mol. The van der Waals surface area contributed by atoms with Crippen molar-refractivity contribution in [3.8, 4) is 0 Å². The van der Waals surface area contributed by atoms with Crippen molar-refractivity contribution in [1.29, 1.82) is 0 Å². The van der Waals surface area contributed by atoms with Crippen LogP contribution in [0.4, 0.5) is 17.6 Å². The van der Waals surface area contributed by atoms with Crippen LogP contribution in [0.15, 0.2) is 35.8 Å². The second-order valence-corrected chi connectivity index (χ2v) is 3.89. The van der Waals surface area contributed by atoms with Gasteiger partial charge in [0, 0.05) is 20.1 Å². The van der Waals surface area contributed by atoms with E-state index in [0.29, 0.717) is 18.6 Å². The molecular formula is C13H16F4IN3. The smallest absolute Gasteiger partial charge is 0.353 e. The fourth-order valence-electron chi connectivity index (χ4n) is 1.54. The van der Waals surface area contributed by atoms with E-state index in [4.69, 9.17) is 0 Å². The van der Waals surface area contributed by atoms with Gasteiger partial charge < -0.3 is 10.6 Å². The van der Waals surface area contributed by atoms with E-state index < -0.39 is 17.6 Å². The van der Waals surface area contributed by atoms with Crippen LogP contribution in [0.5, 0.6) is 0 Å². The molecule has 0 saturated carbocycles. The van der Waals surface area contributed by atoms with Gasteiger partial charge in [0.1, 0.15) is 5.82 Å². The summed E-state index contributed by atoms with van der Waals surface area (Å²) in [5.74, 6) is -0.586. The summed E-state index contributed by atoms with van der Waals surface area (Å²) in [4.78, 5) is 3.84. The van der Waals surface area contributed by atoms with E-state index in [1.54, 1.807) is 6.08 Å². The molecule has 21 heavy (non-hydrogen) atoms. The first-order valence-electron chi connectivity index (χ1n) is 5.79. The van der Waals surface area contributed by atoms with Gasteiger partial charge in [0.25, 0.3) is 0 Å². The van der Waals surface area contributed by atoms with Gasteiger partial charge in [0.15, 0.2) is 5.96 Å². The van der Waals surface area contributed by atoms with Gasteiger partial charge in [-0.1, -0.05) is 12.1 Å². The summed E-state index contributed by atoms with van der Waals surface area (Å²) in [7, 11) is 1.49. The molecule has 0 aromatic heterocycles. The molecule has 0 atom stereocenters. The third kappa shape index (κ3) is 6.32. The van der Waals surface area contributed by atoms with Crippen molar-refractivity contribution in [2.45, 2.75) is 12.7 Å². The van der Waals surface area contributed by atoms with Gasteiger partial charge in [-0.15, -0.1) is 30.6 Å². The average molecular weight is 417 g/mol. The Hall–Kier alpha value is -1.32. The van der Waals surface area contributed by atoms with Crippen LogP contribution >= 0.6 is 24.0 Å². The van der Waals surface area contributed by atoms with Gasteiger partial charge in [-0.3, -0.25) is 4.99 Å². The number of hydrogen-bond acceptors (Lipinski definition) is 1. The molecule has 0 heterocycles. The van der Waals surface area contributed by atoms with Gasteiger partial charge in [-0.25, -0.2) is 4.39 Å². The number of alkyl halides is 3. The van der Waals surface area contributed by atoms with E-state index in [2.05, 4.69) is 22.2 Å². The zero-order valence-electron chi connectivity index (χ0n) is 11.3. The van der Waals surface area contributed by atoms with Crippen molar-refractivity contribution in [1.82, 2.24) is 10.6 Å². The molecular weight excluding hydrogens is 401 g/mol. The maximum Gasteiger partial charge on any atom is 0.416 e. The van der Waals surface area contributed by atoms with Crippen molar-refractivity contribution < 1.29 is 17.6 Å². The molecule has 1 aromatic rings. The summed E-state index contributed by atoms with van der Waals surface area (Å²) >= 11 is 0. The first-order chi connectivity index (χ1) is 9.38. The minimum absolute atomic E-state index is 0. The highest BCUT2D eigenvalue weighted by atomic mass is 127. The molecule has 1 rings (SSSR count). The minimum atomic E-state index is -4.60. The standard InChI is InChI=1S/C13H15F4N3.HI/c1-3-6-19-12(18-2)20-8-9-4-5-10(14)7-11(9)13(15,16)17;/h3-5,7H,1,6,8H2,2H3,(H2,18,19,20);1H. The van der Waals surface area contributed by atoms with E-state index in [0.717, 1.165) is 12.1 Å². The highest BCUT2D eigenvalue weighted by Gasteiger charge is 2.33. The van der Waals surface area contributed by atoms with Crippen LogP contribution in [0, 0.1) is 5.82 Å². The molecule has 0 amide bonds. The highest BCUT2D eigenvalue weighted by molar-refractivity contribution is 14.0. The molecule has 0 bridgehead atoms. The predicted molar refractivity (Wildman–Crippen MR) is 85.2 cm³/mol. The summed E-state index contributed by atoms with van der Waals surface area (Å²) in [6.45, 7) is 3.81. The third-order valence-corrected chi connectivity index (χ3v) is 2.46. The average Bonchev–Trinajstić information content (AvgIpc) is 2.39. The number of guanidine groups is 1. The van der Waals surface area contributed by atoms with E-state index in [9.17, 15) is 17.6 Å². The Morgan fingerprint density at radius 2 is 2.00 bits per heavy atom. The Balaban J connectivity index is 0.00000400. The Bertz CT molecular complexity index is 501. The number of hydrogen-bond donors (Lipinski definition) is 2. The number of aliphatic imine (C=N–C) groups is 1. The lowest BCUT2D eigenvalue weighted by Gasteiger charge is -2.15. The molecule has 0 aliphatic heterocycles. The molecule has 0 aliphatic rings. The summed E-state index contributed by atoms with van der Waals surface area (Å²) < 4.78 is 51.3. The van der Waals surface area contributed by atoms with E-state index in [1.807, 2.05) is 0 Å². The second-order valence-electron chi connectivity index (χ2n) is 3.89. The lowest BCUT2D eigenvalue weighted by atomic mass is 10.1. The molecule has 0 aliphatic carbocycles. The van der Waals surface area contributed by atoms with Crippen LogP contribution in [-0.2, 0) is 12.7 Å². The largest absolute Gasteiger partial charge is 0.416 e. The molecule has 0 saturated heterocycles. The minimum Gasteiger partial charge on any atom is -0.353 e. The Morgan fingerprint density at radius 1 is 1.33 bits per heavy atom. The Kier molecular flexibility index (Phi) is 8.30. The van der Waals surface area contributed by atoms with E-state index in [-0.39, 0.29) is 36.1 Å². The molecule has 2 N–H and O–H groups in total. The molecule has 1 aromatic carbocycles. The normalized spacial score (nSPS) is 11.6. The number of nitrogens with zero attached hydrogens (tertiary/aromatic N) is 1. The summed E-state index contributed by atoms with van der Waals surface area (Å²) in [5.41, 5.74) is -1.05. The van der Waals surface area contributed by atoms with E-state index >= 15 is 0 Å². The molecule has 0 fully saturated rings. The lowest BCUT2D eigenvalue weighted by molar-refractivity contribution is -0.138. The lowest BCUT2D eigenvalue weighted by Crippen LogP contribution is -2.37. The number of rotatable bonds is 4. The molecule has 0 spiro atoms. The van der Waals surface area contributed by atoms with Gasteiger partial charge in [-0.2, -0.15) is 13.2 Å². The van der Waals surface area contributed by atoms with Crippen molar-refractivity contribution in [3.05, 3.63) is 47.8 Å². The number of nitrogens with one attached hydrogen (secondary N) is 2. The Labute approximate surface area is 137 Å². The van der Waals surface area contributed by atoms with Crippen LogP contribution in [0.25, 0.3) is 0 Å². The first kappa shape index (κ1) is 19.7. The highest BCUT2D eigenvalue weighted by Crippen LogP contribution is 2.32. The van der Waals surface area contributed by atoms with Crippen LogP contribution in [0.1, 0.15) is 11.1 Å². The van der Waals surface area contributed by atoms with Crippen LogP contribution in [0.3, 0.4) is 0 Å². The molecule has 8 heteroatoms. The summed E-state index contributed by atoms with van der Waals surface area (Å²) in [5, 5.41) is 5.55. The number of halogens is 5. The quantitative estimate of drug-likeness (QED) is 0.259. The van der Waals surface area contributed by atoms with Gasteiger partial charge in [0.2, 0.25) is 0 Å². The zero-order chi connectivity index (χ0) is 15.2. The third-order valence-electron chi connectivity index (χ3n) is 2.46.